The maximum absolute atomic E-state index is 2.51. The molecule has 3 aromatic carbocycles. The number of benzene rings is 3. The standard InChI is InChI=1S/C26H25N2Si/c1-16-10-11-18-17-8-6-7-9-20(17)28-21-12-13-22(29(3,4)5)19-14-15-27(2)26(24(19)21)23(16)25(18)28/h6-15H,1-5H3/q+1. The number of aromatic nitrogens is 2. The Bertz CT molecular complexity index is 1600. The van der Waals surface area contributed by atoms with Crippen LogP contribution in [0.25, 0.3) is 49.0 Å². The van der Waals surface area contributed by atoms with E-state index in [2.05, 4.69) is 103 Å². The molecule has 2 nitrogen and oxygen atoms in total. The van der Waals surface area contributed by atoms with E-state index in [-0.39, 0.29) is 0 Å². The molecule has 6 aromatic rings. The van der Waals surface area contributed by atoms with E-state index in [0.717, 1.165) is 0 Å². The van der Waals surface area contributed by atoms with Crippen molar-refractivity contribution in [2.75, 3.05) is 0 Å². The van der Waals surface area contributed by atoms with Crippen molar-refractivity contribution >= 4 is 62.3 Å². The first kappa shape index (κ1) is 17.0. The van der Waals surface area contributed by atoms with Gasteiger partial charge in [0.1, 0.15) is 7.05 Å². The Hall–Kier alpha value is -2.91. The van der Waals surface area contributed by atoms with E-state index in [4.69, 9.17) is 0 Å². The summed E-state index contributed by atoms with van der Waals surface area (Å²) in [5.74, 6) is 0. The molecule has 0 spiro atoms. The fourth-order valence-electron chi connectivity index (χ4n) is 5.32. The molecular weight excluding hydrogens is 368 g/mol. The summed E-state index contributed by atoms with van der Waals surface area (Å²) >= 11 is 0. The Kier molecular flexibility index (Phi) is 3.14. The van der Waals surface area contributed by atoms with Crippen molar-refractivity contribution in [3.8, 4) is 0 Å². The summed E-state index contributed by atoms with van der Waals surface area (Å²) in [5.41, 5.74) is 6.67. The molecule has 0 bridgehead atoms. The molecule has 0 fully saturated rings. The third-order valence-corrected chi connectivity index (χ3v) is 8.66. The van der Waals surface area contributed by atoms with Crippen LogP contribution in [-0.4, -0.2) is 12.5 Å². The smallest absolute Gasteiger partial charge is 0.224 e. The van der Waals surface area contributed by atoms with Crippen LogP contribution in [0.15, 0.2) is 60.8 Å². The fraction of sp³-hybridized carbons (Fsp3) is 0.192. The second-order valence-electron chi connectivity index (χ2n) is 9.45. The number of rotatable bonds is 1. The lowest BCUT2D eigenvalue weighted by Crippen LogP contribution is -2.39. The Morgan fingerprint density at radius 3 is 2.34 bits per heavy atom. The molecule has 0 radical (unpaired) electrons. The van der Waals surface area contributed by atoms with Crippen LogP contribution < -0.4 is 9.75 Å². The second kappa shape index (κ2) is 5.36. The van der Waals surface area contributed by atoms with Gasteiger partial charge in [0.05, 0.1) is 35.4 Å². The monoisotopic (exact) mass is 393 g/mol. The zero-order chi connectivity index (χ0) is 20.1. The van der Waals surface area contributed by atoms with Crippen LogP contribution in [0.5, 0.6) is 0 Å². The van der Waals surface area contributed by atoms with Gasteiger partial charge in [-0.15, -0.1) is 0 Å². The van der Waals surface area contributed by atoms with Gasteiger partial charge in [0.15, 0.2) is 6.20 Å². The normalized spacial score (nSPS) is 13.0. The molecular formula is C26H25N2Si+. The van der Waals surface area contributed by atoms with Crippen molar-refractivity contribution in [2.45, 2.75) is 26.6 Å². The summed E-state index contributed by atoms with van der Waals surface area (Å²) in [6.07, 6.45) is 2.25. The van der Waals surface area contributed by atoms with Crippen LogP contribution >= 0.6 is 0 Å². The maximum atomic E-state index is 2.51. The summed E-state index contributed by atoms with van der Waals surface area (Å²) < 4.78 is 4.83. The lowest BCUT2D eigenvalue weighted by molar-refractivity contribution is -0.643. The van der Waals surface area contributed by atoms with Crippen LogP contribution in [0, 0.1) is 6.92 Å². The Morgan fingerprint density at radius 2 is 1.55 bits per heavy atom. The molecule has 0 unspecified atom stereocenters. The highest BCUT2D eigenvalue weighted by Gasteiger charge is 2.27. The number of nitrogens with zero attached hydrogens (tertiary/aromatic N) is 2. The lowest BCUT2D eigenvalue weighted by Gasteiger charge is -2.21. The maximum Gasteiger partial charge on any atom is 0.224 e. The summed E-state index contributed by atoms with van der Waals surface area (Å²) in [6.45, 7) is 9.59. The molecule has 0 amide bonds. The van der Waals surface area contributed by atoms with Gasteiger partial charge in [-0.25, -0.2) is 4.57 Å². The molecule has 0 aliphatic rings. The van der Waals surface area contributed by atoms with Crippen molar-refractivity contribution in [1.82, 2.24) is 4.40 Å². The average Bonchev–Trinajstić information content (AvgIpc) is 3.02. The third kappa shape index (κ3) is 2.03. The van der Waals surface area contributed by atoms with E-state index in [1.807, 2.05) is 0 Å². The number of aryl methyl sites for hydroxylation is 2. The molecule has 142 valence electrons. The molecule has 29 heavy (non-hydrogen) atoms. The van der Waals surface area contributed by atoms with E-state index in [0.29, 0.717) is 0 Å². The van der Waals surface area contributed by atoms with E-state index < -0.39 is 8.07 Å². The predicted molar refractivity (Wildman–Crippen MR) is 128 cm³/mol. The first-order valence-corrected chi connectivity index (χ1v) is 13.9. The van der Waals surface area contributed by atoms with Gasteiger partial charge in [0.2, 0.25) is 5.52 Å². The molecule has 6 rings (SSSR count). The quantitative estimate of drug-likeness (QED) is 0.147. The number of hydrogen-bond donors (Lipinski definition) is 0. The molecule has 0 N–H and O–H groups in total. The predicted octanol–water partition coefficient (Wildman–Crippen LogP) is 5.67. The highest BCUT2D eigenvalue weighted by atomic mass is 28.3. The first-order chi connectivity index (χ1) is 13.9. The van der Waals surface area contributed by atoms with Crippen LogP contribution in [0.2, 0.25) is 19.6 Å². The summed E-state index contributed by atoms with van der Waals surface area (Å²) in [5, 5.41) is 8.43. The van der Waals surface area contributed by atoms with Gasteiger partial charge in [-0.1, -0.05) is 61.2 Å². The van der Waals surface area contributed by atoms with Gasteiger partial charge in [0, 0.05) is 16.8 Å². The molecule has 0 aliphatic carbocycles. The van der Waals surface area contributed by atoms with Crippen molar-refractivity contribution in [3.05, 3.63) is 66.4 Å². The van der Waals surface area contributed by atoms with Gasteiger partial charge < -0.3 is 4.40 Å². The topological polar surface area (TPSA) is 8.29 Å². The van der Waals surface area contributed by atoms with Crippen molar-refractivity contribution in [3.63, 3.8) is 0 Å². The fourth-order valence-corrected chi connectivity index (χ4v) is 6.92. The van der Waals surface area contributed by atoms with Crippen LogP contribution in [0.1, 0.15) is 5.56 Å². The lowest BCUT2D eigenvalue weighted by atomic mass is 10.00. The zero-order valence-electron chi connectivity index (χ0n) is 17.7. The van der Waals surface area contributed by atoms with Gasteiger partial charge >= 0.3 is 0 Å². The molecule has 0 atom stereocenters. The summed E-state index contributed by atoms with van der Waals surface area (Å²) in [4.78, 5) is 0. The van der Waals surface area contributed by atoms with Crippen molar-refractivity contribution in [2.24, 2.45) is 7.05 Å². The second-order valence-corrected chi connectivity index (χ2v) is 14.5. The molecule has 3 heteroatoms. The SMILES string of the molecule is Cc1ccc2c3ccccc3n3c4ccc([Si](C)(C)C)c5cc[n+](C)c(c1c23)c54. The highest BCUT2D eigenvalue weighted by molar-refractivity contribution is 6.90. The van der Waals surface area contributed by atoms with Crippen LogP contribution in [-0.2, 0) is 7.05 Å². The summed E-state index contributed by atoms with van der Waals surface area (Å²) in [7, 11) is 0.717. The zero-order valence-corrected chi connectivity index (χ0v) is 18.7. The minimum Gasteiger partial charge on any atom is -0.307 e. The van der Waals surface area contributed by atoms with Crippen molar-refractivity contribution < 1.29 is 4.57 Å². The molecule has 0 saturated heterocycles. The molecule has 3 aromatic heterocycles. The van der Waals surface area contributed by atoms with Gasteiger partial charge in [-0.2, -0.15) is 0 Å². The summed E-state index contributed by atoms with van der Waals surface area (Å²) in [6, 6.07) is 20.5. The van der Waals surface area contributed by atoms with E-state index in [1.165, 1.54) is 54.6 Å². The third-order valence-electron chi connectivity index (χ3n) is 6.61. The van der Waals surface area contributed by atoms with Crippen molar-refractivity contribution in [1.29, 1.82) is 0 Å². The Balaban J connectivity index is 2.07. The Labute approximate surface area is 171 Å². The van der Waals surface area contributed by atoms with E-state index >= 15 is 0 Å². The van der Waals surface area contributed by atoms with Gasteiger partial charge in [-0.3, -0.25) is 0 Å². The van der Waals surface area contributed by atoms with Crippen LogP contribution in [0.4, 0.5) is 0 Å². The van der Waals surface area contributed by atoms with Gasteiger partial charge in [0.25, 0.3) is 0 Å². The number of para-hydroxylation sites is 1. The number of pyridine rings is 2. The number of hydrogen-bond acceptors (Lipinski definition) is 0. The molecule has 0 saturated carbocycles. The Morgan fingerprint density at radius 1 is 0.759 bits per heavy atom. The molecule has 3 heterocycles. The minimum atomic E-state index is -1.47. The molecule has 0 aliphatic heterocycles. The highest BCUT2D eigenvalue weighted by Crippen LogP contribution is 2.40. The van der Waals surface area contributed by atoms with Gasteiger partial charge in [-0.05, 0) is 30.0 Å². The minimum absolute atomic E-state index is 1.30. The number of fused-ring (bicyclic) bond motifs is 5. The van der Waals surface area contributed by atoms with E-state index in [1.54, 1.807) is 5.19 Å². The van der Waals surface area contributed by atoms with E-state index in [9.17, 15) is 0 Å². The average molecular weight is 394 g/mol. The first-order valence-electron chi connectivity index (χ1n) is 10.4. The van der Waals surface area contributed by atoms with Crippen LogP contribution in [0.3, 0.4) is 0 Å². The largest absolute Gasteiger partial charge is 0.307 e.